The Morgan fingerprint density at radius 2 is 2.00 bits per heavy atom. The number of piperazine rings is 1. The minimum absolute atomic E-state index is 0.331. The number of aromatic nitrogens is 1. The van der Waals surface area contributed by atoms with Gasteiger partial charge in [-0.1, -0.05) is 6.08 Å². The van der Waals surface area contributed by atoms with Crippen LogP contribution in [0.1, 0.15) is 5.69 Å². The van der Waals surface area contributed by atoms with E-state index < -0.39 is 0 Å². The lowest BCUT2D eigenvalue weighted by Gasteiger charge is -2.33. The van der Waals surface area contributed by atoms with Crippen molar-refractivity contribution in [1.82, 2.24) is 9.88 Å². The summed E-state index contributed by atoms with van der Waals surface area (Å²) < 4.78 is 11.1. The molecule has 0 N–H and O–H groups in total. The van der Waals surface area contributed by atoms with Crippen molar-refractivity contribution < 1.29 is 9.15 Å². The number of benzene rings is 1. The summed E-state index contributed by atoms with van der Waals surface area (Å²) in [7, 11) is 1.62. The second-order valence-electron chi connectivity index (χ2n) is 5.59. The summed E-state index contributed by atoms with van der Waals surface area (Å²) in [4.78, 5) is 8.74. The van der Waals surface area contributed by atoms with Gasteiger partial charge in [-0.2, -0.15) is 10.2 Å². The van der Waals surface area contributed by atoms with Crippen LogP contribution in [-0.4, -0.2) is 49.7 Å². The number of nitriles is 1. The van der Waals surface area contributed by atoms with Crippen molar-refractivity contribution in [3.05, 3.63) is 42.6 Å². The topological polar surface area (TPSA) is 65.5 Å². The van der Waals surface area contributed by atoms with Crippen LogP contribution in [0.3, 0.4) is 0 Å². The number of nitrogens with zero attached hydrogens (tertiary/aromatic N) is 4. The number of hydrogen-bond acceptors (Lipinski definition) is 6. The van der Waals surface area contributed by atoms with Crippen LogP contribution in [0.2, 0.25) is 0 Å². The van der Waals surface area contributed by atoms with E-state index in [1.165, 1.54) is 0 Å². The Bertz CT molecular complexity index is 737. The molecule has 1 aliphatic rings. The highest BCUT2D eigenvalue weighted by Crippen LogP contribution is 2.29. The van der Waals surface area contributed by atoms with Crippen molar-refractivity contribution in [2.24, 2.45) is 0 Å². The second-order valence-corrected chi connectivity index (χ2v) is 5.59. The Hall–Kier alpha value is -2.78. The highest BCUT2D eigenvalue weighted by Gasteiger charge is 2.24. The third-order valence-corrected chi connectivity index (χ3v) is 4.10. The molecule has 2 heterocycles. The fourth-order valence-corrected chi connectivity index (χ4v) is 2.77. The molecule has 0 radical (unpaired) electrons. The molecule has 1 aromatic heterocycles. The van der Waals surface area contributed by atoms with Gasteiger partial charge in [0.15, 0.2) is 0 Å². The zero-order chi connectivity index (χ0) is 16.9. The van der Waals surface area contributed by atoms with E-state index in [9.17, 15) is 5.26 Å². The average molecular weight is 324 g/mol. The minimum Gasteiger partial charge on any atom is -0.497 e. The number of ether oxygens (including phenoxy) is 1. The van der Waals surface area contributed by atoms with Crippen LogP contribution < -0.4 is 9.64 Å². The maximum Gasteiger partial charge on any atom is 0.235 e. The molecule has 3 rings (SSSR count). The van der Waals surface area contributed by atoms with Crippen molar-refractivity contribution in [3.63, 3.8) is 0 Å². The van der Waals surface area contributed by atoms with Gasteiger partial charge in [0.2, 0.25) is 17.5 Å². The van der Waals surface area contributed by atoms with Crippen molar-refractivity contribution in [2.45, 2.75) is 0 Å². The largest absolute Gasteiger partial charge is 0.497 e. The molecule has 0 amide bonds. The van der Waals surface area contributed by atoms with Gasteiger partial charge in [0.25, 0.3) is 0 Å². The number of rotatable bonds is 5. The third-order valence-electron chi connectivity index (χ3n) is 4.10. The molecule has 6 heteroatoms. The smallest absolute Gasteiger partial charge is 0.235 e. The van der Waals surface area contributed by atoms with Crippen LogP contribution in [0.25, 0.3) is 11.5 Å². The van der Waals surface area contributed by atoms with Gasteiger partial charge in [-0.05, 0) is 24.3 Å². The quantitative estimate of drug-likeness (QED) is 0.788. The molecule has 0 saturated carbocycles. The highest BCUT2D eigenvalue weighted by molar-refractivity contribution is 5.60. The van der Waals surface area contributed by atoms with E-state index in [0.29, 0.717) is 17.5 Å². The van der Waals surface area contributed by atoms with E-state index in [2.05, 4.69) is 27.4 Å². The first kappa shape index (κ1) is 16.1. The SMILES string of the molecule is C=CCN1CCN(c2oc(-c3ccc(OC)cc3)nc2C#N)CC1. The first-order valence-corrected chi connectivity index (χ1v) is 7.88. The summed E-state index contributed by atoms with van der Waals surface area (Å²) in [6.45, 7) is 8.09. The van der Waals surface area contributed by atoms with E-state index in [-0.39, 0.29) is 0 Å². The second kappa shape index (κ2) is 7.20. The molecule has 0 spiro atoms. The number of anilines is 1. The molecule has 0 bridgehead atoms. The molecule has 1 aliphatic heterocycles. The first-order valence-electron chi connectivity index (χ1n) is 7.88. The fraction of sp³-hybridized carbons (Fsp3) is 0.333. The van der Waals surface area contributed by atoms with E-state index >= 15 is 0 Å². The Morgan fingerprint density at radius 3 is 2.58 bits per heavy atom. The summed E-state index contributed by atoms with van der Waals surface area (Å²) in [5, 5.41) is 9.38. The normalized spacial score (nSPS) is 15.1. The third kappa shape index (κ3) is 3.26. The van der Waals surface area contributed by atoms with Gasteiger partial charge in [-0.25, -0.2) is 0 Å². The zero-order valence-corrected chi connectivity index (χ0v) is 13.7. The van der Waals surface area contributed by atoms with Crippen LogP contribution >= 0.6 is 0 Å². The van der Waals surface area contributed by atoms with Crippen molar-refractivity contribution >= 4 is 5.88 Å². The van der Waals surface area contributed by atoms with Crippen LogP contribution in [0.15, 0.2) is 41.3 Å². The van der Waals surface area contributed by atoms with E-state index in [4.69, 9.17) is 9.15 Å². The van der Waals surface area contributed by atoms with E-state index in [0.717, 1.165) is 44.0 Å². The summed E-state index contributed by atoms with van der Waals surface area (Å²) in [5.41, 5.74) is 1.15. The molecule has 1 saturated heterocycles. The van der Waals surface area contributed by atoms with Crippen molar-refractivity contribution in [3.8, 4) is 23.3 Å². The van der Waals surface area contributed by atoms with Gasteiger partial charge in [0.1, 0.15) is 11.8 Å². The fourth-order valence-electron chi connectivity index (χ4n) is 2.77. The molecule has 124 valence electrons. The lowest BCUT2D eigenvalue weighted by atomic mass is 10.2. The lowest BCUT2D eigenvalue weighted by molar-refractivity contribution is 0.279. The Morgan fingerprint density at radius 1 is 1.29 bits per heavy atom. The summed E-state index contributed by atoms with van der Waals surface area (Å²) in [6, 6.07) is 9.58. The molecule has 24 heavy (non-hydrogen) atoms. The van der Waals surface area contributed by atoms with Crippen molar-refractivity contribution in [1.29, 1.82) is 5.26 Å². The molecule has 0 aliphatic carbocycles. The maximum absolute atomic E-state index is 9.38. The molecular formula is C18H20N4O2. The van der Waals surface area contributed by atoms with Crippen LogP contribution in [0, 0.1) is 11.3 Å². The zero-order valence-electron chi connectivity index (χ0n) is 13.7. The molecular weight excluding hydrogens is 304 g/mol. The van der Waals surface area contributed by atoms with Gasteiger partial charge in [0.05, 0.1) is 7.11 Å². The molecule has 6 nitrogen and oxygen atoms in total. The predicted molar refractivity (Wildman–Crippen MR) is 92.1 cm³/mol. The van der Waals surface area contributed by atoms with Crippen LogP contribution in [0.5, 0.6) is 5.75 Å². The van der Waals surface area contributed by atoms with Crippen molar-refractivity contribution in [2.75, 3.05) is 44.7 Å². The molecule has 0 atom stereocenters. The monoisotopic (exact) mass is 324 g/mol. The maximum atomic E-state index is 9.38. The molecule has 0 unspecified atom stereocenters. The Balaban J connectivity index is 1.80. The van der Waals surface area contributed by atoms with Gasteiger partial charge in [0, 0.05) is 38.3 Å². The van der Waals surface area contributed by atoms with Crippen LogP contribution in [0.4, 0.5) is 5.88 Å². The summed E-state index contributed by atoms with van der Waals surface area (Å²) >= 11 is 0. The molecule has 1 aromatic carbocycles. The van der Waals surface area contributed by atoms with Crippen LogP contribution in [-0.2, 0) is 0 Å². The lowest BCUT2D eigenvalue weighted by Crippen LogP contribution is -2.46. The standard InChI is InChI=1S/C18H20N4O2/c1-3-8-21-9-11-22(12-10-21)18-16(13-19)20-17(24-18)14-4-6-15(23-2)7-5-14/h3-7H,1,8-12H2,2H3. The minimum atomic E-state index is 0.331. The highest BCUT2D eigenvalue weighted by atomic mass is 16.5. The molecule has 2 aromatic rings. The Labute approximate surface area is 141 Å². The first-order chi connectivity index (χ1) is 11.7. The van der Waals surface area contributed by atoms with E-state index in [1.807, 2.05) is 30.3 Å². The van der Waals surface area contributed by atoms with Gasteiger partial charge < -0.3 is 14.1 Å². The number of hydrogen-bond donors (Lipinski definition) is 0. The molecule has 1 fully saturated rings. The van der Waals surface area contributed by atoms with Gasteiger partial charge in [-0.3, -0.25) is 4.90 Å². The average Bonchev–Trinajstić information content (AvgIpc) is 3.07. The van der Waals surface area contributed by atoms with Gasteiger partial charge in [-0.15, -0.1) is 6.58 Å². The number of oxazole rings is 1. The number of methoxy groups -OCH3 is 1. The summed E-state index contributed by atoms with van der Waals surface area (Å²) in [5.74, 6) is 1.78. The predicted octanol–water partition coefficient (Wildman–Crippen LogP) is 2.53. The summed E-state index contributed by atoms with van der Waals surface area (Å²) in [6.07, 6.45) is 1.91. The Kier molecular flexibility index (Phi) is 4.82. The van der Waals surface area contributed by atoms with E-state index in [1.54, 1.807) is 7.11 Å². The van der Waals surface area contributed by atoms with Gasteiger partial charge >= 0.3 is 0 Å².